The number of hydrogen-bond acceptors (Lipinski definition) is 9. The first-order chi connectivity index (χ1) is 17.1. The Balaban J connectivity index is 0.00000481. The highest BCUT2D eigenvalue weighted by atomic mass is 16.6. The second-order valence-corrected chi connectivity index (χ2v) is 9.91. The zero-order valence-electron chi connectivity index (χ0n) is 22.4. The molecule has 0 aliphatic heterocycles. The van der Waals surface area contributed by atoms with Gasteiger partial charge in [-0.05, 0) is 78.1 Å². The molecular weight excluding hydrogens is 470 g/mol. The number of benzene rings is 1. The topological polar surface area (TPSA) is 108 Å². The van der Waals surface area contributed by atoms with Crippen molar-refractivity contribution in [3.8, 4) is 5.75 Å². The molecule has 0 aliphatic rings. The standard InChI is InChI=1S/C26H39N7O3.CH4/c1-26(2,3)36-22(34)16-33(6)20-13-19(9-10-21(20)35-7)31-25-23-18(14-28-24(23)29-17-30-25)15-32(5)12-8-11-27-4;/h9-10,13-14,17,27H,8,11-12,15-16H2,1-7H3,(H2,28,29,30,31);1H4. The number of carbonyl (C=O) groups excluding carboxylic acids is 1. The van der Waals surface area contributed by atoms with Gasteiger partial charge in [0.1, 0.15) is 35.7 Å². The maximum absolute atomic E-state index is 12.4. The third kappa shape index (κ3) is 8.33. The molecule has 3 aromatic rings. The number of anilines is 3. The Hall–Kier alpha value is -3.37. The highest BCUT2D eigenvalue weighted by Gasteiger charge is 2.20. The molecule has 10 heteroatoms. The molecular formula is C27H43N7O3. The number of H-pyrrole nitrogens is 1. The van der Waals surface area contributed by atoms with Crippen LogP contribution in [0.3, 0.4) is 0 Å². The van der Waals surface area contributed by atoms with Gasteiger partial charge in [0.2, 0.25) is 0 Å². The number of nitrogens with one attached hydrogen (secondary N) is 3. The van der Waals surface area contributed by atoms with Crippen molar-refractivity contribution in [3.05, 3.63) is 36.3 Å². The fraction of sp³-hybridized carbons (Fsp3) is 0.519. The van der Waals surface area contributed by atoms with Crippen LogP contribution in [0.25, 0.3) is 11.0 Å². The fourth-order valence-corrected chi connectivity index (χ4v) is 4.00. The van der Waals surface area contributed by atoms with Gasteiger partial charge < -0.3 is 34.9 Å². The van der Waals surface area contributed by atoms with E-state index in [1.54, 1.807) is 13.4 Å². The summed E-state index contributed by atoms with van der Waals surface area (Å²) in [6.07, 6.45) is 4.61. The number of methoxy groups -OCH3 is 1. The number of fused-ring (bicyclic) bond motifs is 1. The number of likely N-dealkylation sites (N-methyl/N-ethyl adjacent to an activating group) is 1. The summed E-state index contributed by atoms with van der Waals surface area (Å²) < 4.78 is 11.0. The van der Waals surface area contributed by atoms with Crippen molar-refractivity contribution in [2.24, 2.45) is 0 Å². The Morgan fingerprint density at radius 1 is 1.19 bits per heavy atom. The molecule has 0 atom stereocenters. The third-order valence-electron chi connectivity index (χ3n) is 5.60. The van der Waals surface area contributed by atoms with Gasteiger partial charge in [-0.1, -0.05) is 7.43 Å². The number of rotatable bonds is 12. The van der Waals surface area contributed by atoms with E-state index in [1.165, 1.54) is 0 Å². The van der Waals surface area contributed by atoms with E-state index in [9.17, 15) is 4.79 Å². The van der Waals surface area contributed by atoms with Crippen molar-refractivity contribution in [1.82, 2.24) is 25.2 Å². The Bertz CT molecular complexity index is 1160. The van der Waals surface area contributed by atoms with Crippen LogP contribution in [0.4, 0.5) is 17.2 Å². The van der Waals surface area contributed by atoms with Crippen LogP contribution >= 0.6 is 0 Å². The van der Waals surface area contributed by atoms with Crippen LogP contribution in [0, 0.1) is 0 Å². The molecule has 37 heavy (non-hydrogen) atoms. The molecule has 0 spiro atoms. The van der Waals surface area contributed by atoms with E-state index in [1.807, 2.05) is 64.2 Å². The van der Waals surface area contributed by atoms with E-state index in [4.69, 9.17) is 9.47 Å². The molecule has 10 nitrogen and oxygen atoms in total. The Kier molecular flexibility index (Phi) is 10.7. The molecule has 3 N–H and O–H groups in total. The molecule has 0 fully saturated rings. The summed E-state index contributed by atoms with van der Waals surface area (Å²) in [7, 11) is 7.53. The number of ether oxygens (including phenoxy) is 2. The van der Waals surface area contributed by atoms with Crippen molar-refractivity contribution in [1.29, 1.82) is 0 Å². The highest BCUT2D eigenvalue weighted by Crippen LogP contribution is 2.33. The number of carbonyl (C=O) groups is 1. The molecule has 0 aliphatic carbocycles. The number of esters is 1. The van der Waals surface area contributed by atoms with Crippen molar-refractivity contribution in [2.45, 2.75) is 46.8 Å². The quantitative estimate of drug-likeness (QED) is 0.243. The van der Waals surface area contributed by atoms with E-state index in [0.717, 1.165) is 54.0 Å². The summed E-state index contributed by atoms with van der Waals surface area (Å²) in [4.78, 5) is 28.7. The molecule has 2 aromatic heterocycles. The van der Waals surface area contributed by atoms with Crippen LogP contribution in [-0.4, -0.2) is 79.3 Å². The maximum atomic E-state index is 12.4. The van der Waals surface area contributed by atoms with Crippen LogP contribution < -0.4 is 20.3 Å². The lowest BCUT2D eigenvalue weighted by Gasteiger charge is -2.25. The SMILES string of the molecule is C.CNCCCN(C)Cc1c[nH]c2ncnc(Nc3ccc(OC)c(N(C)CC(=O)OC(C)(C)C)c3)c12. The van der Waals surface area contributed by atoms with E-state index in [-0.39, 0.29) is 19.9 Å². The van der Waals surface area contributed by atoms with Crippen molar-refractivity contribution in [3.63, 3.8) is 0 Å². The highest BCUT2D eigenvalue weighted by molar-refractivity contribution is 5.92. The Labute approximate surface area is 220 Å². The molecule has 204 valence electrons. The van der Waals surface area contributed by atoms with Crippen LogP contribution in [0.1, 0.15) is 40.2 Å². The predicted octanol–water partition coefficient (Wildman–Crippen LogP) is 4.17. The average molecular weight is 514 g/mol. The van der Waals surface area contributed by atoms with Crippen LogP contribution in [-0.2, 0) is 16.1 Å². The summed E-state index contributed by atoms with van der Waals surface area (Å²) >= 11 is 0. The lowest BCUT2D eigenvalue weighted by atomic mass is 10.2. The minimum absolute atomic E-state index is 0. The molecule has 0 amide bonds. The molecule has 3 rings (SSSR count). The predicted molar refractivity (Wildman–Crippen MR) is 151 cm³/mol. The first-order valence-corrected chi connectivity index (χ1v) is 12.1. The number of nitrogens with zero attached hydrogens (tertiary/aromatic N) is 4. The van der Waals surface area contributed by atoms with E-state index >= 15 is 0 Å². The average Bonchev–Trinajstić information content (AvgIpc) is 3.21. The number of aromatic amines is 1. The Morgan fingerprint density at radius 2 is 1.95 bits per heavy atom. The van der Waals surface area contributed by atoms with Crippen LogP contribution in [0.15, 0.2) is 30.7 Å². The summed E-state index contributed by atoms with van der Waals surface area (Å²) in [5.74, 6) is 1.06. The first-order valence-electron chi connectivity index (χ1n) is 12.1. The smallest absolute Gasteiger partial charge is 0.326 e. The summed E-state index contributed by atoms with van der Waals surface area (Å²) in [6.45, 7) is 8.40. The molecule has 1 aromatic carbocycles. The van der Waals surface area contributed by atoms with Crippen LogP contribution in [0.5, 0.6) is 5.75 Å². The van der Waals surface area contributed by atoms with Gasteiger partial charge in [-0.3, -0.25) is 4.79 Å². The molecule has 0 saturated heterocycles. The van der Waals surface area contributed by atoms with E-state index in [2.05, 4.69) is 37.5 Å². The fourth-order valence-electron chi connectivity index (χ4n) is 4.00. The molecule has 0 bridgehead atoms. The number of aromatic nitrogens is 3. The largest absolute Gasteiger partial charge is 0.495 e. The summed E-state index contributed by atoms with van der Waals surface area (Å²) in [6, 6.07) is 5.73. The second kappa shape index (κ2) is 13.3. The summed E-state index contributed by atoms with van der Waals surface area (Å²) in [5, 5.41) is 7.58. The van der Waals surface area contributed by atoms with Gasteiger partial charge in [0.25, 0.3) is 0 Å². The molecule has 0 unspecified atom stereocenters. The second-order valence-electron chi connectivity index (χ2n) is 9.91. The third-order valence-corrected chi connectivity index (χ3v) is 5.60. The normalized spacial score (nSPS) is 11.4. The van der Waals surface area contributed by atoms with Gasteiger partial charge in [0.05, 0.1) is 18.2 Å². The first kappa shape index (κ1) is 29.9. The summed E-state index contributed by atoms with van der Waals surface area (Å²) in [5.41, 5.74) is 2.94. The van der Waals surface area contributed by atoms with Gasteiger partial charge in [-0.2, -0.15) is 0 Å². The van der Waals surface area contributed by atoms with Crippen LogP contribution in [0.2, 0.25) is 0 Å². The molecule has 0 saturated carbocycles. The zero-order chi connectivity index (χ0) is 26.3. The van der Waals surface area contributed by atoms with Crippen molar-refractivity contribution >= 4 is 34.2 Å². The van der Waals surface area contributed by atoms with Gasteiger partial charge >= 0.3 is 5.97 Å². The minimum atomic E-state index is -0.543. The van der Waals surface area contributed by atoms with Crippen molar-refractivity contribution < 1.29 is 14.3 Å². The number of hydrogen-bond donors (Lipinski definition) is 3. The minimum Gasteiger partial charge on any atom is -0.495 e. The maximum Gasteiger partial charge on any atom is 0.326 e. The monoisotopic (exact) mass is 513 g/mol. The molecule has 2 heterocycles. The lowest BCUT2D eigenvalue weighted by Crippen LogP contribution is -2.32. The van der Waals surface area contributed by atoms with Gasteiger partial charge in [0, 0.05) is 25.5 Å². The van der Waals surface area contributed by atoms with Gasteiger partial charge in [0.15, 0.2) is 0 Å². The van der Waals surface area contributed by atoms with Crippen molar-refractivity contribution in [2.75, 3.05) is 58.1 Å². The Morgan fingerprint density at radius 3 is 2.62 bits per heavy atom. The van der Waals surface area contributed by atoms with E-state index < -0.39 is 5.60 Å². The van der Waals surface area contributed by atoms with Gasteiger partial charge in [-0.25, -0.2) is 9.97 Å². The zero-order valence-corrected chi connectivity index (χ0v) is 22.4. The lowest BCUT2D eigenvalue weighted by molar-refractivity contribution is -0.152. The molecule has 0 radical (unpaired) electrons. The van der Waals surface area contributed by atoms with Gasteiger partial charge in [-0.15, -0.1) is 0 Å². The van der Waals surface area contributed by atoms with E-state index in [0.29, 0.717) is 11.6 Å².